The third-order valence-electron chi connectivity index (χ3n) is 2.68. The smallest absolute Gasteiger partial charge is 0.406 e. The van der Waals surface area contributed by atoms with Crippen molar-refractivity contribution in [2.24, 2.45) is 10.4 Å². The van der Waals surface area contributed by atoms with E-state index in [1.54, 1.807) is 0 Å². The Morgan fingerprint density at radius 1 is 1.14 bits per heavy atom. The van der Waals surface area contributed by atoms with Gasteiger partial charge in [0.25, 0.3) is 0 Å². The first-order valence-corrected chi connectivity index (χ1v) is 6.43. The molecule has 1 heterocycles. The molecule has 0 fully saturated rings. The second-order valence-electron chi connectivity index (χ2n) is 5.70. The first-order chi connectivity index (χ1) is 10.0. The number of rotatable bonds is 2. The predicted octanol–water partition coefficient (Wildman–Crippen LogP) is 3.93. The highest BCUT2D eigenvalue weighted by Gasteiger charge is 2.32. The second kappa shape index (κ2) is 5.47. The Kier molecular flexibility index (Phi) is 4.00. The van der Waals surface area contributed by atoms with Gasteiger partial charge in [-0.1, -0.05) is 32.9 Å². The van der Waals surface area contributed by atoms with E-state index in [0.29, 0.717) is 11.5 Å². The minimum atomic E-state index is -4.73. The van der Waals surface area contributed by atoms with Gasteiger partial charge in [0, 0.05) is 5.41 Å². The normalized spacial score (nSPS) is 17.5. The van der Waals surface area contributed by atoms with Crippen LogP contribution >= 0.6 is 0 Å². The average Bonchev–Trinajstić information content (AvgIpc) is 2.72. The number of esters is 1. The fourth-order valence-corrected chi connectivity index (χ4v) is 1.65. The highest BCUT2D eigenvalue weighted by molar-refractivity contribution is 6.08. The van der Waals surface area contributed by atoms with Crippen molar-refractivity contribution in [2.75, 3.05) is 0 Å². The summed E-state index contributed by atoms with van der Waals surface area (Å²) in [6.45, 7) is 5.56. The van der Waals surface area contributed by atoms with E-state index in [2.05, 4.69) is 9.73 Å². The van der Waals surface area contributed by atoms with Crippen LogP contribution in [0.1, 0.15) is 26.3 Å². The zero-order valence-corrected chi connectivity index (χ0v) is 12.2. The molecule has 0 atom stereocenters. The largest absolute Gasteiger partial charge is 0.573 e. The van der Waals surface area contributed by atoms with Gasteiger partial charge in [-0.05, 0) is 23.8 Å². The van der Waals surface area contributed by atoms with Crippen LogP contribution < -0.4 is 4.74 Å². The maximum atomic E-state index is 12.1. The summed E-state index contributed by atoms with van der Waals surface area (Å²) in [5.74, 6) is -0.608. The Bertz CT molecular complexity index is 637. The third-order valence-corrected chi connectivity index (χ3v) is 2.68. The average molecular weight is 313 g/mol. The van der Waals surface area contributed by atoms with Gasteiger partial charge in [-0.3, -0.25) is 0 Å². The van der Waals surface area contributed by atoms with Crippen LogP contribution in [0.4, 0.5) is 13.2 Å². The van der Waals surface area contributed by atoms with Crippen LogP contribution in [0.3, 0.4) is 0 Å². The number of hydrogen-bond acceptors (Lipinski definition) is 4. The van der Waals surface area contributed by atoms with Crippen molar-refractivity contribution in [1.29, 1.82) is 0 Å². The Balaban J connectivity index is 2.20. The molecular weight excluding hydrogens is 299 g/mol. The van der Waals surface area contributed by atoms with Crippen LogP contribution in [0.15, 0.2) is 35.0 Å². The molecule has 4 nitrogen and oxygen atoms in total. The molecule has 1 aromatic carbocycles. The van der Waals surface area contributed by atoms with Gasteiger partial charge < -0.3 is 9.47 Å². The molecule has 0 aromatic heterocycles. The molecule has 0 saturated carbocycles. The van der Waals surface area contributed by atoms with E-state index >= 15 is 0 Å². The minimum Gasteiger partial charge on any atom is -0.406 e. The van der Waals surface area contributed by atoms with Crippen LogP contribution in [0.5, 0.6) is 5.75 Å². The van der Waals surface area contributed by atoms with Crippen molar-refractivity contribution in [2.45, 2.75) is 27.1 Å². The lowest BCUT2D eigenvalue weighted by Crippen LogP contribution is -2.21. The fraction of sp³-hybridized carbons (Fsp3) is 0.333. The number of benzene rings is 1. The van der Waals surface area contributed by atoms with E-state index in [9.17, 15) is 18.0 Å². The van der Waals surface area contributed by atoms with Crippen molar-refractivity contribution in [1.82, 2.24) is 0 Å². The van der Waals surface area contributed by atoms with Crippen molar-refractivity contribution in [3.8, 4) is 5.75 Å². The topological polar surface area (TPSA) is 47.9 Å². The molecule has 0 unspecified atom stereocenters. The summed E-state index contributed by atoms with van der Waals surface area (Å²) in [5.41, 5.74) is 0.213. The van der Waals surface area contributed by atoms with Crippen LogP contribution in [0, 0.1) is 5.41 Å². The van der Waals surface area contributed by atoms with Crippen LogP contribution in [0.25, 0.3) is 6.08 Å². The summed E-state index contributed by atoms with van der Waals surface area (Å²) in [7, 11) is 0. The van der Waals surface area contributed by atoms with Gasteiger partial charge >= 0.3 is 12.3 Å². The molecule has 7 heteroatoms. The minimum absolute atomic E-state index is 0.106. The molecule has 2 rings (SSSR count). The van der Waals surface area contributed by atoms with E-state index in [-0.39, 0.29) is 11.4 Å². The monoisotopic (exact) mass is 313 g/mol. The molecule has 118 valence electrons. The number of cyclic esters (lactones) is 1. The first kappa shape index (κ1) is 16.1. The van der Waals surface area contributed by atoms with Gasteiger partial charge in [0.2, 0.25) is 5.90 Å². The van der Waals surface area contributed by atoms with E-state index < -0.39 is 17.7 Å². The van der Waals surface area contributed by atoms with Gasteiger partial charge in [-0.25, -0.2) is 9.79 Å². The lowest BCUT2D eigenvalue weighted by molar-refractivity contribution is -0.274. The summed E-state index contributed by atoms with van der Waals surface area (Å²) < 4.78 is 45.0. The summed E-state index contributed by atoms with van der Waals surface area (Å²) in [6, 6.07) is 5.11. The van der Waals surface area contributed by atoms with E-state index in [4.69, 9.17) is 4.74 Å². The number of nitrogens with zero attached hydrogens (tertiary/aromatic N) is 1. The highest BCUT2D eigenvalue weighted by Crippen LogP contribution is 2.27. The quantitative estimate of drug-likeness (QED) is 0.614. The molecule has 0 aliphatic carbocycles. The van der Waals surface area contributed by atoms with E-state index in [1.807, 2.05) is 20.8 Å². The fourth-order valence-electron chi connectivity index (χ4n) is 1.65. The molecule has 0 bridgehead atoms. The number of aliphatic imine (C=N–C) groups is 1. The number of alkyl halides is 3. The van der Waals surface area contributed by atoms with Crippen molar-refractivity contribution in [3.05, 3.63) is 35.5 Å². The predicted molar refractivity (Wildman–Crippen MR) is 74.1 cm³/mol. The maximum absolute atomic E-state index is 12.1. The SMILES string of the molecule is CC(C)(C)C1=N/C(=C\c2ccc(OC(F)(F)F)cc2)C(=O)O1. The molecule has 0 amide bonds. The van der Waals surface area contributed by atoms with Gasteiger partial charge in [0.15, 0.2) is 5.70 Å². The molecule has 0 spiro atoms. The zero-order valence-electron chi connectivity index (χ0n) is 12.2. The molecule has 1 aromatic rings. The number of halogens is 3. The summed E-state index contributed by atoms with van der Waals surface area (Å²) >= 11 is 0. The lowest BCUT2D eigenvalue weighted by Gasteiger charge is -2.15. The van der Waals surface area contributed by atoms with Crippen LogP contribution in [-0.2, 0) is 9.53 Å². The lowest BCUT2D eigenvalue weighted by atomic mass is 9.97. The highest BCUT2D eigenvalue weighted by atomic mass is 19.4. The standard InChI is InChI=1S/C15H14F3NO3/c1-14(2,3)13-19-11(12(20)21-13)8-9-4-6-10(7-5-9)22-15(16,17)18/h4-8H,1-3H3/b11-8-. The van der Waals surface area contributed by atoms with E-state index in [0.717, 1.165) is 12.1 Å². The van der Waals surface area contributed by atoms with Gasteiger partial charge in [-0.15, -0.1) is 13.2 Å². The Morgan fingerprint density at radius 3 is 2.18 bits per heavy atom. The van der Waals surface area contributed by atoms with Gasteiger partial charge in [0.05, 0.1) is 0 Å². The molecule has 0 N–H and O–H groups in total. The van der Waals surface area contributed by atoms with Gasteiger partial charge in [0.1, 0.15) is 5.75 Å². The first-order valence-electron chi connectivity index (χ1n) is 6.43. The molecule has 1 aliphatic rings. The Hall–Kier alpha value is -2.31. The maximum Gasteiger partial charge on any atom is 0.573 e. The third kappa shape index (κ3) is 4.09. The van der Waals surface area contributed by atoms with Crippen molar-refractivity contribution in [3.63, 3.8) is 0 Å². The molecule has 1 aliphatic heterocycles. The van der Waals surface area contributed by atoms with Crippen molar-refractivity contribution >= 4 is 17.9 Å². The molecule has 22 heavy (non-hydrogen) atoms. The Morgan fingerprint density at radius 2 is 1.73 bits per heavy atom. The number of ether oxygens (including phenoxy) is 2. The molecule has 0 saturated heterocycles. The van der Waals surface area contributed by atoms with Crippen LogP contribution in [-0.4, -0.2) is 18.2 Å². The zero-order chi connectivity index (χ0) is 16.5. The second-order valence-corrected chi connectivity index (χ2v) is 5.70. The van der Waals surface area contributed by atoms with Crippen molar-refractivity contribution < 1.29 is 27.4 Å². The number of carbonyl (C=O) groups excluding carboxylic acids is 1. The molecule has 0 radical (unpaired) electrons. The summed E-state index contributed by atoms with van der Waals surface area (Å²) in [4.78, 5) is 15.8. The molecular formula is C15H14F3NO3. The van der Waals surface area contributed by atoms with Gasteiger partial charge in [-0.2, -0.15) is 0 Å². The summed E-state index contributed by atoms with van der Waals surface area (Å²) in [6.07, 6.45) is -3.29. The number of hydrogen-bond donors (Lipinski definition) is 0. The van der Waals surface area contributed by atoms with E-state index in [1.165, 1.54) is 18.2 Å². The summed E-state index contributed by atoms with van der Waals surface area (Å²) in [5, 5.41) is 0. The van der Waals surface area contributed by atoms with Crippen LogP contribution in [0.2, 0.25) is 0 Å². The number of carbonyl (C=O) groups is 1. The Labute approximate surface area is 125 Å².